The van der Waals surface area contributed by atoms with E-state index in [1.165, 1.54) is 0 Å². The first-order valence-corrected chi connectivity index (χ1v) is 8.25. The van der Waals surface area contributed by atoms with Gasteiger partial charge in [-0.15, -0.1) is 0 Å². The van der Waals surface area contributed by atoms with Crippen molar-refractivity contribution < 1.29 is 4.79 Å². The van der Waals surface area contributed by atoms with Crippen LogP contribution in [0.1, 0.15) is 5.56 Å². The third-order valence-corrected chi connectivity index (χ3v) is 4.14. The Morgan fingerprint density at radius 1 is 1.04 bits per heavy atom. The van der Waals surface area contributed by atoms with Crippen molar-refractivity contribution in [3.8, 4) is 11.1 Å². The fraction of sp³-hybridized carbons (Fsp3) is 0.100. The average Bonchev–Trinajstić information content (AvgIpc) is 3.08. The van der Waals surface area contributed by atoms with E-state index in [1.807, 2.05) is 49.8 Å². The topological polar surface area (TPSA) is 72.7 Å². The number of carbonyl (C=O) groups is 1. The van der Waals surface area contributed by atoms with E-state index in [0.717, 1.165) is 27.5 Å². The van der Waals surface area contributed by atoms with Crippen LogP contribution in [-0.4, -0.2) is 25.7 Å². The maximum Gasteiger partial charge on any atom is 0.229 e. The summed E-state index contributed by atoms with van der Waals surface area (Å²) in [4.78, 5) is 20.5. The van der Waals surface area contributed by atoms with E-state index in [9.17, 15) is 4.79 Å². The molecule has 0 bridgehead atoms. The van der Waals surface area contributed by atoms with E-state index in [0.29, 0.717) is 5.82 Å². The molecule has 3 heterocycles. The molecule has 3 aromatic heterocycles. The molecule has 4 rings (SSSR count). The number of hydrogen-bond donors (Lipinski definition) is 1. The highest BCUT2D eigenvalue weighted by atomic mass is 16.1. The molecule has 1 N–H and O–H groups in total. The van der Waals surface area contributed by atoms with Crippen LogP contribution in [0.5, 0.6) is 0 Å². The Bertz CT molecular complexity index is 1070. The lowest BCUT2D eigenvalue weighted by molar-refractivity contribution is -0.115. The number of carbonyl (C=O) groups excluding carboxylic acids is 1. The number of aryl methyl sites for hydroxylation is 1. The maximum atomic E-state index is 12.2. The zero-order valence-corrected chi connectivity index (χ0v) is 14.3. The van der Waals surface area contributed by atoms with Crippen molar-refractivity contribution in [3.63, 3.8) is 0 Å². The van der Waals surface area contributed by atoms with Gasteiger partial charge in [0, 0.05) is 42.8 Å². The Balaban J connectivity index is 1.57. The third kappa shape index (κ3) is 3.44. The molecule has 0 saturated carbocycles. The first kappa shape index (κ1) is 16.0. The molecular weight excluding hydrogens is 326 g/mol. The Morgan fingerprint density at radius 3 is 2.65 bits per heavy atom. The summed E-state index contributed by atoms with van der Waals surface area (Å²) < 4.78 is 1.77. The second-order valence-electron chi connectivity index (χ2n) is 6.11. The molecule has 6 heteroatoms. The zero-order valence-electron chi connectivity index (χ0n) is 14.3. The van der Waals surface area contributed by atoms with Crippen LogP contribution in [0.4, 0.5) is 5.82 Å². The minimum atomic E-state index is -0.105. The lowest BCUT2D eigenvalue weighted by Crippen LogP contribution is -2.15. The largest absolute Gasteiger partial charge is 0.310 e. The van der Waals surface area contributed by atoms with E-state index >= 15 is 0 Å². The van der Waals surface area contributed by atoms with Crippen LogP contribution in [0.3, 0.4) is 0 Å². The molecule has 1 aromatic carbocycles. The number of benzene rings is 1. The van der Waals surface area contributed by atoms with Crippen molar-refractivity contribution in [3.05, 3.63) is 72.9 Å². The molecule has 0 atom stereocenters. The van der Waals surface area contributed by atoms with E-state index in [2.05, 4.69) is 26.4 Å². The molecule has 1 amide bonds. The summed E-state index contributed by atoms with van der Waals surface area (Å²) in [6, 6.07) is 11.7. The molecule has 26 heavy (non-hydrogen) atoms. The lowest BCUT2D eigenvalue weighted by Gasteiger charge is -2.07. The molecule has 0 aliphatic rings. The summed E-state index contributed by atoms with van der Waals surface area (Å²) in [5, 5.41) is 9.10. The van der Waals surface area contributed by atoms with Gasteiger partial charge in [-0.2, -0.15) is 5.10 Å². The van der Waals surface area contributed by atoms with Gasteiger partial charge >= 0.3 is 0 Å². The highest BCUT2D eigenvalue weighted by molar-refractivity contribution is 5.94. The molecule has 4 aromatic rings. The summed E-state index contributed by atoms with van der Waals surface area (Å²) in [6.45, 7) is 0. The van der Waals surface area contributed by atoms with Crippen LogP contribution < -0.4 is 5.32 Å². The number of anilines is 1. The molecule has 128 valence electrons. The van der Waals surface area contributed by atoms with E-state index in [4.69, 9.17) is 0 Å². The standard InChI is InChI=1S/C20H17N5O/c1-25-13-18(12-23-25)15-2-3-16-11-22-19(10-17(16)9-15)24-20(26)8-14-4-6-21-7-5-14/h2-7,9-13H,8H2,1H3,(H,22,24,26). The van der Waals surface area contributed by atoms with Crippen molar-refractivity contribution in [1.82, 2.24) is 19.7 Å². The highest BCUT2D eigenvalue weighted by Gasteiger charge is 2.07. The monoisotopic (exact) mass is 343 g/mol. The van der Waals surface area contributed by atoms with Gasteiger partial charge in [-0.3, -0.25) is 14.5 Å². The van der Waals surface area contributed by atoms with Gasteiger partial charge < -0.3 is 5.32 Å². The maximum absolute atomic E-state index is 12.2. The van der Waals surface area contributed by atoms with Crippen molar-refractivity contribution in [2.24, 2.45) is 7.05 Å². The molecular formula is C20H17N5O. The number of pyridine rings is 2. The Morgan fingerprint density at radius 2 is 1.88 bits per heavy atom. The minimum absolute atomic E-state index is 0.105. The van der Waals surface area contributed by atoms with Crippen LogP contribution in [-0.2, 0) is 18.3 Å². The van der Waals surface area contributed by atoms with Crippen LogP contribution in [0.25, 0.3) is 21.9 Å². The molecule has 0 spiro atoms. The second-order valence-corrected chi connectivity index (χ2v) is 6.11. The summed E-state index contributed by atoms with van der Waals surface area (Å²) in [5.41, 5.74) is 3.04. The summed E-state index contributed by atoms with van der Waals surface area (Å²) >= 11 is 0. The molecule has 0 unspecified atom stereocenters. The second kappa shape index (κ2) is 6.76. The zero-order chi connectivity index (χ0) is 17.9. The van der Waals surface area contributed by atoms with Gasteiger partial charge in [0.25, 0.3) is 0 Å². The number of rotatable bonds is 4. The van der Waals surface area contributed by atoms with Crippen LogP contribution in [0, 0.1) is 0 Å². The first-order valence-electron chi connectivity index (χ1n) is 8.25. The first-order chi connectivity index (χ1) is 12.7. The van der Waals surface area contributed by atoms with E-state index in [-0.39, 0.29) is 12.3 Å². The quantitative estimate of drug-likeness (QED) is 0.617. The van der Waals surface area contributed by atoms with Gasteiger partial charge in [0.1, 0.15) is 5.82 Å². The SMILES string of the molecule is Cn1cc(-c2ccc3cnc(NC(=O)Cc4ccncc4)cc3c2)cn1. The van der Waals surface area contributed by atoms with Crippen LogP contribution in [0.2, 0.25) is 0 Å². The Hall–Kier alpha value is -3.54. The van der Waals surface area contributed by atoms with Crippen LogP contribution in [0.15, 0.2) is 67.4 Å². The highest BCUT2D eigenvalue weighted by Crippen LogP contribution is 2.25. The molecule has 0 saturated heterocycles. The Kier molecular flexibility index (Phi) is 4.15. The van der Waals surface area contributed by atoms with Gasteiger partial charge in [-0.1, -0.05) is 12.1 Å². The smallest absolute Gasteiger partial charge is 0.229 e. The van der Waals surface area contributed by atoms with Crippen molar-refractivity contribution in [2.45, 2.75) is 6.42 Å². The fourth-order valence-electron chi connectivity index (χ4n) is 2.83. The van der Waals surface area contributed by atoms with Gasteiger partial charge in [0.2, 0.25) is 5.91 Å². The van der Waals surface area contributed by atoms with Crippen molar-refractivity contribution in [2.75, 3.05) is 5.32 Å². The number of nitrogens with zero attached hydrogens (tertiary/aromatic N) is 4. The van der Waals surface area contributed by atoms with Crippen molar-refractivity contribution >= 4 is 22.5 Å². The van der Waals surface area contributed by atoms with Crippen LogP contribution >= 0.6 is 0 Å². The fourth-order valence-corrected chi connectivity index (χ4v) is 2.83. The minimum Gasteiger partial charge on any atom is -0.310 e. The van der Waals surface area contributed by atoms with Gasteiger partial charge in [-0.25, -0.2) is 4.98 Å². The molecule has 6 nitrogen and oxygen atoms in total. The number of fused-ring (bicyclic) bond motifs is 1. The normalized spacial score (nSPS) is 10.8. The number of nitrogens with one attached hydrogen (secondary N) is 1. The van der Waals surface area contributed by atoms with Gasteiger partial charge in [0.05, 0.1) is 12.6 Å². The predicted molar refractivity (Wildman–Crippen MR) is 101 cm³/mol. The molecule has 0 fully saturated rings. The average molecular weight is 343 g/mol. The predicted octanol–water partition coefficient (Wildman–Crippen LogP) is 3.21. The summed E-state index contributed by atoms with van der Waals surface area (Å²) in [5.74, 6) is 0.436. The van der Waals surface area contributed by atoms with Gasteiger partial charge in [0.15, 0.2) is 0 Å². The van der Waals surface area contributed by atoms with Gasteiger partial charge in [-0.05, 0) is 40.8 Å². The number of aromatic nitrogens is 4. The van der Waals surface area contributed by atoms with Crippen molar-refractivity contribution in [1.29, 1.82) is 0 Å². The molecule has 0 radical (unpaired) electrons. The van der Waals surface area contributed by atoms with E-state index < -0.39 is 0 Å². The lowest BCUT2D eigenvalue weighted by atomic mass is 10.1. The van der Waals surface area contributed by atoms with E-state index in [1.54, 1.807) is 23.3 Å². The summed E-state index contributed by atoms with van der Waals surface area (Å²) in [6.07, 6.45) is 9.22. The molecule has 0 aliphatic heterocycles. The summed E-state index contributed by atoms with van der Waals surface area (Å²) in [7, 11) is 1.89. The Labute approximate surface area is 150 Å². The number of hydrogen-bond acceptors (Lipinski definition) is 4. The third-order valence-electron chi connectivity index (χ3n) is 4.14. The molecule has 0 aliphatic carbocycles. The number of amides is 1.